The summed E-state index contributed by atoms with van der Waals surface area (Å²) in [5.41, 5.74) is 2.43. The first kappa shape index (κ1) is 23.2. The molecule has 3 rings (SSSR count). The molecular weight excluding hydrogens is 412 g/mol. The number of methoxy groups -OCH3 is 1. The molecule has 1 aliphatic rings. The largest absolute Gasteiger partial charge is 0.497 e. The van der Waals surface area contributed by atoms with E-state index in [1.54, 1.807) is 14.0 Å². The van der Waals surface area contributed by atoms with Crippen molar-refractivity contribution in [1.29, 1.82) is 0 Å². The van der Waals surface area contributed by atoms with Crippen molar-refractivity contribution in [2.24, 2.45) is 0 Å². The minimum atomic E-state index is -0.357. The lowest BCUT2D eigenvalue weighted by Crippen LogP contribution is -2.30. The number of halogens is 1. The smallest absolute Gasteiger partial charge is 0.341 e. The molecule has 1 aromatic carbocycles. The number of likely N-dealkylation sites (N-methyl/N-ethyl adjacent to an activating group) is 1. The molecule has 0 saturated heterocycles. The van der Waals surface area contributed by atoms with Crippen LogP contribution in [-0.4, -0.2) is 43.6 Å². The highest BCUT2D eigenvalue weighted by atomic mass is 35.5. The summed E-state index contributed by atoms with van der Waals surface area (Å²) in [6.45, 7) is 6.90. The zero-order chi connectivity index (χ0) is 20.1. The Kier molecular flexibility index (Phi) is 8.49. The standard InChI is InChI=1S/C21H26N2O4S.ClH/c1-4-23-11-10-16-17(13-23)28-20(19(16)21(25)27-5-2)22-18(24)12-14-6-8-15(26-3)9-7-14;/h6-9H,4-5,10-13H2,1-3H3,(H,22,24);1H. The van der Waals surface area contributed by atoms with Gasteiger partial charge in [0.1, 0.15) is 10.8 Å². The number of carbonyl (C=O) groups is 2. The Bertz CT molecular complexity index is 851. The lowest BCUT2D eigenvalue weighted by Gasteiger charge is -2.25. The summed E-state index contributed by atoms with van der Waals surface area (Å²) in [5, 5.41) is 3.54. The van der Waals surface area contributed by atoms with Crippen LogP contribution >= 0.6 is 23.7 Å². The Labute approximate surface area is 181 Å². The van der Waals surface area contributed by atoms with Gasteiger partial charge in [-0.05, 0) is 43.1 Å². The van der Waals surface area contributed by atoms with Crippen molar-refractivity contribution < 1.29 is 19.1 Å². The fourth-order valence-electron chi connectivity index (χ4n) is 3.33. The maximum atomic E-state index is 12.6. The van der Waals surface area contributed by atoms with Crippen LogP contribution in [0, 0.1) is 0 Å². The van der Waals surface area contributed by atoms with Gasteiger partial charge in [0, 0.05) is 18.0 Å². The Morgan fingerprint density at radius 3 is 2.55 bits per heavy atom. The number of hydrogen-bond acceptors (Lipinski definition) is 6. The van der Waals surface area contributed by atoms with E-state index < -0.39 is 0 Å². The molecule has 0 saturated carbocycles. The van der Waals surface area contributed by atoms with Crippen LogP contribution in [0.15, 0.2) is 24.3 Å². The highest BCUT2D eigenvalue weighted by Crippen LogP contribution is 2.37. The number of amides is 1. The molecule has 1 aliphatic heterocycles. The number of ether oxygens (including phenoxy) is 2. The molecular formula is C21H27ClN2O4S. The number of anilines is 1. The maximum absolute atomic E-state index is 12.6. The molecule has 0 spiro atoms. The van der Waals surface area contributed by atoms with E-state index in [1.165, 1.54) is 11.3 Å². The van der Waals surface area contributed by atoms with Crippen molar-refractivity contribution >= 4 is 40.6 Å². The molecule has 6 nitrogen and oxygen atoms in total. The van der Waals surface area contributed by atoms with Crippen LogP contribution < -0.4 is 10.1 Å². The first-order valence-electron chi connectivity index (χ1n) is 9.52. The van der Waals surface area contributed by atoms with Crippen molar-refractivity contribution in [3.63, 3.8) is 0 Å². The number of esters is 1. The van der Waals surface area contributed by atoms with E-state index in [1.807, 2.05) is 24.3 Å². The number of fused-ring (bicyclic) bond motifs is 1. The summed E-state index contributed by atoms with van der Waals surface area (Å²) in [5.74, 6) is 0.242. The van der Waals surface area contributed by atoms with Gasteiger partial charge in [0.05, 0.1) is 25.7 Å². The lowest BCUT2D eigenvalue weighted by molar-refractivity contribution is -0.115. The number of nitrogens with zero attached hydrogens (tertiary/aromatic N) is 1. The topological polar surface area (TPSA) is 67.9 Å². The van der Waals surface area contributed by atoms with Crippen LogP contribution in [-0.2, 0) is 28.9 Å². The molecule has 0 atom stereocenters. The summed E-state index contributed by atoms with van der Waals surface area (Å²) in [6.07, 6.45) is 1.03. The van der Waals surface area contributed by atoms with E-state index in [0.29, 0.717) is 17.2 Å². The van der Waals surface area contributed by atoms with Gasteiger partial charge in [-0.1, -0.05) is 19.1 Å². The summed E-state index contributed by atoms with van der Waals surface area (Å²) in [7, 11) is 1.61. The Morgan fingerprint density at radius 1 is 1.21 bits per heavy atom. The van der Waals surface area contributed by atoms with E-state index in [2.05, 4.69) is 17.1 Å². The van der Waals surface area contributed by atoms with Crippen LogP contribution in [0.25, 0.3) is 0 Å². The van der Waals surface area contributed by atoms with Gasteiger partial charge >= 0.3 is 5.97 Å². The molecule has 1 N–H and O–H groups in total. The molecule has 2 aromatic rings. The average molecular weight is 439 g/mol. The van der Waals surface area contributed by atoms with Gasteiger partial charge in [-0.15, -0.1) is 23.7 Å². The number of rotatable bonds is 7. The third-order valence-electron chi connectivity index (χ3n) is 4.84. The molecule has 0 radical (unpaired) electrons. The molecule has 0 fully saturated rings. The van der Waals surface area contributed by atoms with E-state index in [4.69, 9.17) is 9.47 Å². The Morgan fingerprint density at radius 2 is 1.93 bits per heavy atom. The average Bonchev–Trinajstić information content (AvgIpc) is 3.05. The van der Waals surface area contributed by atoms with E-state index in [9.17, 15) is 9.59 Å². The van der Waals surface area contributed by atoms with Crippen molar-refractivity contribution in [3.8, 4) is 5.75 Å². The predicted octanol–water partition coefficient (Wildman–Crippen LogP) is 3.91. The monoisotopic (exact) mass is 438 g/mol. The Balaban J connectivity index is 0.00000300. The number of nitrogens with one attached hydrogen (secondary N) is 1. The number of benzene rings is 1. The van der Waals surface area contributed by atoms with Crippen molar-refractivity contribution in [1.82, 2.24) is 4.90 Å². The molecule has 0 aliphatic carbocycles. The van der Waals surface area contributed by atoms with Gasteiger partial charge in [-0.3, -0.25) is 9.69 Å². The molecule has 158 valence electrons. The van der Waals surface area contributed by atoms with Gasteiger partial charge in [0.25, 0.3) is 0 Å². The van der Waals surface area contributed by atoms with E-state index in [-0.39, 0.29) is 30.7 Å². The second kappa shape index (κ2) is 10.6. The third kappa shape index (κ3) is 5.50. The van der Waals surface area contributed by atoms with Crippen LogP contribution in [0.3, 0.4) is 0 Å². The fraction of sp³-hybridized carbons (Fsp3) is 0.429. The van der Waals surface area contributed by atoms with E-state index in [0.717, 1.165) is 47.8 Å². The number of thiophene rings is 1. The highest BCUT2D eigenvalue weighted by Gasteiger charge is 2.29. The summed E-state index contributed by atoms with van der Waals surface area (Å²) in [4.78, 5) is 28.6. The summed E-state index contributed by atoms with van der Waals surface area (Å²) < 4.78 is 10.4. The fourth-order valence-corrected chi connectivity index (χ4v) is 4.63. The first-order valence-corrected chi connectivity index (χ1v) is 10.3. The van der Waals surface area contributed by atoms with Gasteiger partial charge in [-0.2, -0.15) is 0 Å². The molecule has 0 unspecified atom stereocenters. The third-order valence-corrected chi connectivity index (χ3v) is 5.97. The second-order valence-corrected chi connectivity index (χ2v) is 7.73. The zero-order valence-electron chi connectivity index (χ0n) is 16.9. The minimum absolute atomic E-state index is 0. The van der Waals surface area contributed by atoms with Crippen LogP contribution in [0.4, 0.5) is 5.00 Å². The second-order valence-electron chi connectivity index (χ2n) is 6.62. The van der Waals surface area contributed by atoms with Crippen LogP contribution in [0.5, 0.6) is 5.75 Å². The number of carbonyl (C=O) groups excluding carboxylic acids is 2. The maximum Gasteiger partial charge on any atom is 0.341 e. The van der Waals surface area contributed by atoms with Crippen molar-refractivity contribution in [3.05, 3.63) is 45.8 Å². The predicted molar refractivity (Wildman–Crippen MR) is 118 cm³/mol. The SMILES string of the molecule is CCOC(=O)c1c(NC(=O)Cc2ccc(OC)cc2)sc2c1CCN(CC)C2.Cl. The molecule has 1 amide bonds. The molecule has 1 aromatic heterocycles. The van der Waals surface area contributed by atoms with Crippen LogP contribution in [0.2, 0.25) is 0 Å². The number of hydrogen-bond donors (Lipinski definition) is 1. The summed E-state index contributed by atoms with van der Waals surface area (Å²) in [6, 6.07) is 7.39. The molecule has 8 heteroatoms. The Hall–Kier alpha value is -2.09. The van der Waals surface area contributed by atoms with E-state index >= 15 is 0 Å². The first-order chi connectivity index (χ1) is 13.5. The minimum Gasteiger partial charge on any atom is -0.497 e. The van der Waals surface area contributed by atoms with Crippen molar-refractivity contribution in [2.45, 2.75) is 33.2 Å². The lowest BCUT2D eigenvalue weighted by atomic mass is 10.0. The molecule has 29 heavy (non-hydrogen) atoms. The van der Waals surface area contributed by atoms with Crippen molar-refractivity contribution in [2.75, 3.05) is 32.1 Å². The van der Waals surface area contributed by atoms with Crippen LogP contribution in [0.1, 0.15) is 40.2 Å². The van der Waals surface area contributed by atoms with Gasteiger partial charge < -0.3 is 14.8 Å². The molecule has 2 heterocycles. The highest BCUT2D eigenvalue weighted by molar-refractivity contribution is 7.17. The zero-order valence-corrected chi connectivity index (χ0v) is 18.6. The van der Waals surface area contributed by atoms with Gasteiger partial charge in [0.2, 0.25) is 5.91 Å². The normalized spacial score (nSPS) is 13.2. The summed E-state index contributed by atoms with van der Waals surface area (Å²) >= 11 is 1.49. The van der Waals surface area contributed by atoms with Gasteiger partial charge in [0.15, 0.2) is 0 Å². The van der Waals surface area contributed by atoms with Gasteiger partial charge in [-0.25, -0.2) is 4.79 Å². The molecule has 0 bridgehead atoms. The quantitative estimate of drug-likeness (QED) is 0.663.